The molecule has 1 aliphatic rings. The predicted molar refractivity (Wildman–Crippen MR) is 109 cm³/mol. The Labute approximate surface area is 163 Å². The third kappa shape index (κ3) is 3.19. The van der Waals surface area contributed by atoms with E-state index in [0.717, 1.165) is 5.56 Å². The number of rotatable bonds is 4. The van der Waals surface area contributed by atoms with Crippen LogP contribution in [0.3, 0.4) is 0 Å². The Morgan fingerprint density at radius 1 is 0.963 bits per heavy atom. The molecular weight excluding hydrogens is 358 g/mol. The number of benzene rings is 3. The summed E-state index contributed by atoms with van der Waals surface area (Å²) in [4.78, 5) is 13.5. The number of nitrogens with one attached hydrogen (secondary N) is 1. The number of fused-ring (bicyclic) bond motifs is 1. The number of hydrogen-bond acceptors (Lipinski definition) is 2. The van der Waals surface area contributed by atoms with Gasteiger partial charge in [-0.05, 0) is 47.7 Å². The van der Waals surface area contributed by atoms with E-state index in [-0.39, 0.29) is 5.91 Å². The predicted octanol–water partition coefficient (Wildman–Crippen LogP) is 5.02. The lowest BCUT2D eigenvalue weighted by atomic mass is 9.76. The van der Waals surface area contributed by atoms with Crippen LogP contribution < -0.4 is 10.1 Å². The number of hydrogen-bond donors (Lipinski definition) is 1. The van der Waals surface area contributed by atoms with Crippen molar-refractivity contribution < 1.29 is 9.53 Å². The van der Waals surface area contributed by atoms with E-state index in [2.05, 4.69) is 17.4 Å². The standard InChI is InChI=1S/C23H20ClNO2/c1-27-21-12-11-19(13-20(21)24)25-22(26)23(18-9-3-2-4-10-18)14-16-7-5-6-8-17(16)15-23/h2-13H,14-15H2,1H3,(H,25,26). The topological polar surface area (TPSA) is 38.3 Å². The summed E-state index contributed by atoms with van der Waals surface area (Å²) in [5.41, 5.74) is 3.51. The van der Waals surface area contributed by atoms with Gasteiger partial charge < -0.3 is 10.1 Å². The largest absolute Gasteiger partial charge is 0.495 e. The van der Waals surface area contributed by atoms with Gasteiger partial charge in [-0.25, -0.2) is 0 Å². The zero-order chi connectivity index (χ0) is 18.9. The molecule has 27 heavy (non-hydrogen) atoms. The Kier molecular flexibility index (Phi) is 4.63. The van der Waals surface area contributed by atoms with Gasteiger partial charge in [0, 0.05) is 5.69 Å². The zero-order valence-electron chi connectivity index (χ0n) is 15.0. The number of carbonyl (C=O) groups excluding carboxylic acids is 1. The van der Waals surface area contributed by atoms with E-state index >= 15 is 0 Å². The molecule has 1 amide bonds. The normalized spacial score (nSPS) is 14.4. The van der Waals surface area contributed by atoms with E-state index in [1.807, 2.05) is 48.5 Å². The van der Waals surface area contributed by atoms with E-state index in [4.69, 9.17) is 16.3 Å². The third-order valence-electron chi connectivity index (χ3n) is 5.27. The Morgan fingerprint density at radius 2 is 1.59 bits per heavy atom. The second-order valence-corrected chi connectivity index (χ2v) is 7.28. The van der Waals surface area contributed by atoms with Gasteiger partial charge in [-0.15, -0.1) is 0 Å². The molecule has 0 bridgehead atoms. The van der Waals surface area contributed by atoms with E-state index in [0.29, 0.717) is 29.3 Å². The van der Waals surface area contributed by atoms with Crippen LogP contribution in [0.5, 0.6) is 5.75 Å². The summed E-state index contributed by atoms with van der Waals surface area (Å²) in [6, 6.07) is 23.6. The highest BCUT2D eigenvalue weighted by molar-refractivity contribution is 6.32. The average Bonchev–Trinajstić information content (AvgIpc) is 3.10. The Morgan fingerprint density at radius 3 is 2.19 bits per heavy atom. The number of anilines is 1. The van der Waals surface area contributed by atoms with Crippen LogP contribution in [-0.4, -0.2) is 13.0 Å². The van der Waals surface area contributed by atoms with Gasteiger partial charge in [0.2, 0.25) is 5.91 Å². The highest BCUT2D eigenvalue weighted by Crippen LogP contribution is 2.41. The summed E-state index contributed by atoms with van der Waals surface area (Å²) in [6.45, 7) is 0. The second kappa shape index (κ2) is 7.09. The van der Waals surface area contributed by atoms with Crippen molar-refractivity contribution in [2.45, 2.75) is 18.3 Å². The molecular formula is C23H20ClNO2. The molecule has 0 atom stereocenters. The molecule has 0 saturated heterocycles. The summed E-state index contributed by atoms with van der Waals surface area (Å²) in [7, 11) is 1.57. The molecule has 1 aliphatic carbocycles. The lowest BCUT2D eigenvalue weighted by Gasteiger charge is -2.28. The van der Waals surface area contributed by atoms with Crippen molar-refractivity contribution in [2.24, 2.45) is 0 Å². The van der Waals surface area contributed by atoms with Gasteiger partial charge in [0.25, 0.3) is 0 Å². The van der Waals surface area contributed by atoms with Gasteiger partial charge in [-0.2, -0.15) is 0 Å². The first-order chi connectivity index (χ1) is 13.1. The van der Waals surface area contributed by atoms with Gasteiger partial charge in [0.05, 0.1) is 17.5 Å². The molecule has 136 valence electrons. The molecule has 1 N–H and O–H groups in total. The Balaban J connectivity index is 1.70. The molecule has 0 radical (unpaired) electrons. The monoisotopic (exact) mass is 377 g/mol. The lowest BCUT2D eigenvalue weighted by Crippen LogP contribution is -2.41. The fourth-order valence-electron chi connectivity index (χ4n) is 3.86. The minimum atomic E-state index is -0.628. The van der Waals surface area contributed by atoms with E-state index in [1.54, 1.807) is 19.2 Å². The number of carbonyl (C=O) groups is 1. The maximum absolute atomic E-state index is 13.5. The molecule has 3 nitrogen and oxygen atoms in total. The number of amides is 1. The maximum Gasteiger partial charge on any atom is 0.235 e. The summed E-state index contributed by atoms with van der Waals surface area (Å²) in [5, 5.41) is 3.54. The first-order valence-corrected chi connectivity index (χ1v) is 9.27. The van der Waals surface area contributed by atoms with Gasteiger partial charge in [-0.1, -0.05) is 66.2 Å². The van der Waals surface area contributed by atoms with Crippen LogP contribution >= 0.6 is 11.6 Å². The Bertz CT molecular complexity index is 960. The zero-order valence-corrected chi connectivity index (χ0v) is 15.8. The highest BCUT2D eigenvalue weighted by Gasteiger charge is 2.45. The van der Waals surface area contributed by atoms with Crippen LogP contribution in [0.2, 0.25) is 5.02 Å². The maximum atomic E-state index is 13.5. The number of methoxy groups -OCH3 is 1. The molecule has 3 aromatic carbocycles. The van der Waals surface area contributed by atoms with Crippen molar-refractivity contribution in [2.75, 3.05) is 12.4 Å². The van der Waals surface area contributed by atoms with E-state index in [9.17, 15) is 4.79 Å². The molecule has 0 aliphatic heterocycles. The highest BCUT2D eigenvalue weighted by atomic mass is 35.5. The van der Waals surface area contributed by atoms with Gasteiger partial charge in [0.1, 0.15) is 5.75 Å². The van der Waals surface area contributed by atoms with Crippen molar-refractivity contribution in [3.05, 3.63) is 94.5 Å². The van der Waals surface area contributed by atoms with Crippen molar-refractivity contribution in [1.82, 2.24) is 0 Å². The lowest BCUT2D eigenvalue weighted by molar-refractivity contribution is -0.121. The molecule has 4 heteroatoms. The van der Waals surface area contributed by atoms with Gasteiger partial charge >= 0.3 is 0 Å². The van der Waals surface area contributed by atoms with E-state index < -0.39 is 5.41 Å². The molecule has 0 unspecified atom stereocenters. The number of ether oxygens (including phenoxy) is 1. The molecule has 0 fully saturated rings. The molecule has 0 spiro atoms. The third-order valence-corrected chi connectivity index (χ3v) is 5.57. The molecule has 0 heterocycles. The van der Waals surface area contributed by atoms with Crippen molar-refractivity contribution >= 4 is 23.2 Å². The summed E-state index contributed by atoms with van der Waals surface area (Å²) in [6.07, 6.45) is 1.37. The summed E-state index contributed by atoms with van der Waals surface area (Å²) in [5.74, 6) is 0.562. The summed E-state index contributed by atoms with van der Waals surface area (Å²) < 4.78 is 5.19. The summed E-state index contributed by atoms with van der Waals surface area (Å²) >= 11 is 6.22. The molecule has 3 aromatic rings. The van der Waals surface area contributed by atoms with Crippen LogP contribution in [-0.2, 0) is 23.1 Å². The SMILES string of the molecule is COc1ccc(NC(=O)C2(c3ccccc3)Cc3ccccc3C2)cc1Cl. The molecule has 0 saturated carbocycles. The molecule has 4 rings (SSSR count). The van der Waals surface area contributed by atoms with Crippen LogP contribution in [0.4, 0.5) is 5.69 Å². The van der Waals surface area contributed by atoms with Crippen molar-refractivity contribution in [3.63, 3.8) is 0 Å². The fraction of sp³-hybridized carbons (Fsp3) is 0.174. The fourth-order valence-corrected chi connectivity index (χ4v) is 4.12. The second-order valence-electron chi connectivity index (χ2n) is 6.87. The average molecular weight is 378 g/mol. The van der Waals surface area contributed by atoms with Crippen LogP contribution in [0.1, 0.15) is 16.7 Å². The van der Waals surface area contributed by atoms with Gasteiger partial charge in [0.15, 0.2) is 0 Å². The van der Waals surface area contributed by atoms with Crippen molar-refractivity contribution in [1.29, 1.82) is 0 Å². The van der Waals surface area contributed by atoms with Crippen molar-refractivity contribution in [3.8, 4) is 5.75 Å². The first-order valence-electron chi connectivity index (χ1n) is 8.90. The minimum absolute atomic E-state index is 0.0221. The molecule has 0 aromatic heterocycles. The van der Waals surface area contributed by atoms with Crippen LogP contribution in [0.15, 0.2) is 72.8 Å². The van der Waals surface area contributed by atoms with Crippen LogP contribution in [0, 0.1) is 0 Å². The van der Waals surface area contributed by atoms with Gasteiger partial charge in [-0.3, -0.25) is 4.79 Å². The Hall–Kier alpha value is -2.78. The smallest absolute Gasteiger partial charge is 0.235 e. The number of halogens is 1. The quantitative estimate of drug-likeness (QED) is 0.693. The van der Waals surface area contributed by atoms with Crippen LogP contribution in [0.25, 0.3) is 0 Å². The minimum Gasteiger partial charge on any atom is -0.495 e. The first kappa shape index (κ1) is 17.6. The van der Waals surface area contributed by atoms with E-state index in [1.165, 1.54) is 11.1 Å².